The number of imidazole rings is 1. The molecule has 2 amide bonds. The topological polar surface area (TPSA) is 108 Å². The molecule has 1 aromatic carbocycles. The molecule has 1 fully saturated rings. The van der Waals surface area contributed by atoms with Gasteiger partial charge < -0.3 is 19.9 Å². The molecular weight excluding hydrogens is 384 g/mol. The van der Waals surface area contributed by atoms with Gasteiger partial charge in [0.1, 0.15) is 11.9 Å². The van der Waals surface area contributed by atoms with Crippen LogP contribution in [-0.2, 0) is 20.9 Å². The molecule has 2 N–H and O–H groups in total. The van der Waals surface area contributed by atoms with E-state index in [0.29, 0.717) is 25.1 Å². The third-order valence-corrected chi connectivity index (χ3v) is 5.30. The van der Waals surface area contributed by atoms with Gasteiger partial charge in [-0.1, -0.05) is 32.0 Å². The Labute approximate surface area is 176 Å². The molecule has 2 heterocycles. The van der Waals surface area contributed by atoms with Crippen molar-refractivity contribution in [3.8, 4) is 0 Å². The summed E-state index contributed by atoms with van der Waals surface area (Å²) in [5, 5.41) is 0. The number of carbonyl (C=O) groups excluding carboxylic acids is 3. The lowest BCUT2D eigenvalue weighted by Gasteiger charge is -2.18. The lowest BCUT2D eigenvalue weighted by molar-refractivity contribution is -0.131. The molecule has 1 aliphatic rings. The Bertz CT molecular complexity index is 894. The number of benzene rings is 1. The molecule has 0 radical (unpaired) electrons. The van der Waals surface area contributed by atoms with Crippen molar-refractivity contribution in [3.63, 3.8) is 0 Å². The Morgan fingerprint density at radius 1 is 1.20 bits per heavy atom. The summed E-state index contributed by atoms with van der Waals surface area (Å²) >= 11 is 0. The number of esters is 1. The van der Waals surface area contributed by atoms with Crippen LogP contribution in [-0.4, -0.2) is 51.4 Å². The van der Waals surface area contributed by atoms with Gasteiger partial charge >= 0.3 is 5.97 Å². The summed E-state index contributed by atoms with van der Waals surface area (Å²) in [6.07, 6.45) is 3.41. The fraction of sp³-hybridized carbons (Fsp3) is 0.455. The minimum Gasteiger partial charge on any atom is -0.457 e. The van der Waals surface area contributed by atoms with E-state index in [2.05, 4.69) is 18.8 Å². The third-order valence-electron chi connectivity index (χ3n) is 5.30. The lowest BCUT2D eigenvalue weighted by atomic mass is 10.0. The standard InChI is InChI=1S/C22H28N4O4/c1-15(2)21-24-9-11-25(21)10-8-20(28)26-13-17(12-19(23)27)18(14-26)30-22(29)16-6-4-3-5-7-16/h3-7,9,11,15,17-18H,8,10,12-14H2,1-2H3,(H2,23,27)/t17-,18+/m0/s1. The number of carbonyl (C=O) groups is 3. The monoisotopic (exact) mass is 412 g/mol. The zero-order chi connectivity index (χ0) is 21.7. The van der Waals surface area contributed by atoms with Crippen molar-refractivity contribution in [1.29, 1.82) is 0 Å². The number of nitrogens with two attached hydrogens (primary N) is 1. The van der Waals surface area contributed by atoms with E-state index in [1.165, 1.54) is 0 Å². The van der Waals surface area contributed by atoms with Crippen molar-refractivity contribution in [2.45, 2.75) is 45.3 Å². The van der Waals surface area contributed by atoms with Crippen LogP contribution >= 0.6 is 0 Å². The molecule has 30 heavy (non-hydrogen) atoms. The Balaban J connectivity index is 1.62. The van der Waals surface area contributed by atoms with E-state index < -0.39 is 18.0 Å². The van der Waals surface area contributed by atoms with Crippen LogP contribution in [0.2, 0.25) is 0 Å². The molecule has 0 aliphatic carbocycles. The van der Waals surface area contributed by atoms with Gasteiger partial charge in [0.25, 0.3) is 0 Å². The van der Waals surface area contributed by atoms with Crippen LogP contribution in [0.1, 0.15) is 48.8 Å². The fourth-order valence-corrected chi connectivity index (χ4v) is 3.80. The summed E-state index contributed by atoms with van der Waals surface area (Å²) in [5.41, 5.74) is 5.80. The molecule has 1 saturated heterocycles. The van der Waals surface area contributed by atoms with Gasteiger partial charge in [-0.25, -0.2) is 9.78 Å². The highest BCUT2D eigenvalue weighted by Gasteiger charge is 2.38. The summed E-state index contributed by atoms with van der Waals surface area (Å²) < 4.78 is 7.62. The van der Waals surface area contributed by atoms with E-state index in [1.54, 1.807) is 35.4 Å². The minimum absolute atomic E-state index is 0.0499. The highest BCUT2D eigenvalue weighted by molar-refractivity contribution is 5.89. The smallest absolute Gasteiger partial charge is 0.338 e. The average molecular weight is 412 g/mol. The molecule has 1 aromatic heterocycles. The van der Waals surface area contributed by atoms with Crippen molar-refractivity contribution in [2.75, 3.05) is 13.1 Å². The fourth-order valence-electron chi connectivity index (χ4n) is 3.80. The largest absolute Gasteiger partial charge is 0.457 e. The third kappa shape index (κ3) is 5.25. The molecular formula is C22H28N4O4. The maximum atomic E-state index is 12.8. The normalized spacial score (nSPS) is 18.6. The maximum Gasteiger partial charge on any atom is 0.338 e. The molecule has 160 valence electrons. The van der Waals surface area contributed by atoms with E-state index in [9.17, 15) is 14.4 Å². The first-order chi connectivity index (χ1) is 14.3. The van der Waals surface area contributed by atoms with Gasteiger partial charge in [-0.05, 0) is 12.1 Å². The predicted octanol–water partition coefficient (Wildman–Crippen LogP) is 1.96. The number of rotatable bonds is 8. The Morgan fingerprint density at radius 2 is 1.93 bits per heavy atom. The van der Waals surface area contributed by atoms with Crippen molar-refractivity contribution >= 4 is 17.8 Å². The number of ether oxygens (including phenoxy) is 1. The summed E-state index contributed by atoms with van der Waals surface area (Å²) in [6, 6.07) is 8.65. The van der Waals surface area contributed by atoms with Crippen LogP contribution in [0.4, 0.5) is 0 Å². The summed E-state index contributed by atoms with van der Waals surface area (Å²) in [4.78, 5) is 42.7. The van der Waals surface area contributed by atoms with Crippen LogP contribution < -0.4 is 5.73 Å². The second-order valence-electron chi connectivity index (χ2n) is 7.92. The molecule has 2 atom stereocenters. The van der Waals surface area contributed by atoms with Gasteiger partial charge in [0, 0.05) is 50.2 Å². The lowest BCUT2D eigenvalue weighted by Crippen LogP contribution is -2.31. The van der Waals surface area contributed by atoms with Gasteiger partial charge in [0.05, 0.1) is 12.1 Å². The number of hydrogen-bond donors (Lipinski definition) is 1. The predicted molar refractivity (Wildman–Crippen MR) is 110 cm³/mol. The van der Waals surface area contributed by atoms with Gasteiger partial charge in [-0.2, -0.15) is 0 Å². The van der Waals surface area contributed by atoms with E-state index in [-0.39, 0.29) is 30.7 Å². The number of aromatic nitrogens is 2. The highest BCUT2D eigenvalue weighted by Crippen LogP contribution is 2.25. The molecule has 2 aromatic rings. The number of primary amides is 1. The van der Waals surface area contributed by atoms with Crippen LogP contribution in [0.5, 0.6) is 0 Å². The van der Waals surface area contributed by atoms with E-state index >= 15 is 0 Å². The van der Waals surface area contributed by atoms with Crippen molar-refractivity contribution in [1.82, 2.24) is 14.5 Å². The molecule has 0 spiro atoms. The summed E-state index contributed by atoms with van der Waals surface area (Å²) in [5.74, 6) is -0.0989. The SMILES string of the molecule is CC(C)c1nccn1CCC(=O)N1C[C@H](CC(N)=O)[C@H](OC(=O)c2ccccc2)C1. The molecule has 8 heteroatoms. The van der Waals surface area contributed by atoms with E-state index in [0.717, 1.165) is 5.82 Å². The van der Waals surface area contributed by atoms with Crippen LogP contribution in [0.15, 0.2) is 42.7 Å². The first-order valence-corrected chi connectivity index (χ1v) is 10.2. The second-order valence-corrected chi connectivity index (χ2v) is 7.92. The van der Waals surface area contributed by atoms with Crippen molar-refractivity contribution < 1.29 is 19.1 Å². The van der Waals surface area contributed by atoms with Crippen LogP contribution in [0, 0.1) is 5.92 Å². The number of amides is 2. The second kappa shape index (κ2) is 9.56. The quantitative estimate of drug-likeness (QED) is 0.667. The molecule has 8 nitrogen and oxygen atoms in total. The van der Waals surface area contributed by atoms with Gasteiger partial charge in [0.15, 0.2) is 0 Å². The average Bonchev–Trinajstić information content (AvgIpc) is 3.34. The molecule has 0 unspecified atom stereocenters. The Kier molecular flexibility index (Phi) is 6.87. The van der Waals surface area contributed by atoms with Crippen LogP contribution in [0.3, 0.4) is 0 Å². The van der Waals surface area contributed by atoms with Gasteiger partial charge in [-0.15, -0.1) is 0 Å². The maximum absolute atomic E-state index is 12.8. The number of nitrogens with zero attached hydrogens (tertiary/aromatic N) is 3. The number of aryl methyl sites for hydroxylation is 1. The number of hydrogen-bond acceptors (Lipinski definition) is 5. The van der Waals surface area contributed by atoms with Gasteiger partial charge in [-0.3, -0.25) is 9.59 Å². The van der Waals surface area contributed by atoms with Gasteiger partial charge in [0.2, 0.25) is 11.8 Å². The molecule has 3 rings (SSSR count). The van der Waals surface area contributed by atoms with E-state index in [1.807, 2.05) is 16.8 Å². The van der Waals surface area contributed by atoms with Crippen molar-refractivity contribution in [3.05, 3.63) is 54.1 Å². The Morgan fingerprint density at radius 3 is 2.60 bits per heavy atom. The first kappa shape index (κ1) is 21.5. The Hall–Kier alpha value is -3.16. The zero-order valence-corrected chi connectivity index (χ0v) is 17.4. The first-order valence-electron chi connectivity index (χ1n) is 10.2. The zero-order valence-electron chi connectivity index (χ0n) is 17.4. The summed E-state index contributed by atoms with van der Waals surface area (Å²) in [6.45, 7) is 5.24. The molecule has 0 bridgehead atoms. The number of likely N-dealkylation sites (tertiary alicyclic amines) is 1. The van der Waals surface area contributed by atoms with Crippen LogP contribution in [0.25, 0.3) is 0 Å². The molecule has 1 aliphatic heterocycles. The summed E-state index contributed by atoms with van der Waals surface area (Å²) in [7, 11) is 0. The highest BCUT2D eigenvalue weighted by atomic mass is 16.5. The molecule has 0 saturated carbocycles. The minimum atomic E-state index is -0.561. The van der Waals surface area contributed by atoms with Crippen molar-refractivity contribution in [2.24, 2.45) is 11.7 Å². The van der Waals surface area contributed by atoms with E-state index in [4.69, 9.17) is 10.5 Å².